The van der Waals surface area contributed by atoms with Gasteiger partial charge in [0.1, 0.15) is 11.6 Å². The second-order valence-corrected chi connectivity index (χ2v) is 6.41. The highest BCUT2D eigenvalue weighted by Crippen LogP contribution is 2.29. The van der Waals surface area contributed by atoms with Crippen molar-refractivity contribution in [2.24, 2.45) is 0 Å². The largest absolute Gasteiger partial charge is 0.494 e. The first-order valence-electron chi connectivity index (χ1n) is 8.56. The van der Waals surface area contributed by atoms with Crippen LogP contribution < -0.4 is 20.7 Å². The molecule has 27 heavy (non-hydrogen) atoms. The number of ether oxygens (including phenoxy) is 1. The minimum atomic E-state index is -0.678. The molecular formula is C20H20FN3O2S. The molecule has 1 atom stereocenters. The van der Waals surface area contributed by atoms with Gasteiger partial charge in [-0.2, -0.15) is 0 Å². The molecule has 7 heteroatoms. The predicted octanol–water partition coefficient (Wildman–Crippen LogP) is 3.66. The molecule has 2 aromatic rings. The number of thiocarbonyl (C=S) groups is 1. The van der Waals surface area contributed by atoms with E-state index in [1.54, 1.807) is 49.4 Å². The Kier molecular flexibility index (Phi) is 5.71. The molecule has 1 aliphatic heterocycles. The Bertz CT molecular complexity index is 896. The third-order valence-corrected chi connectivity index (χ3v) is 4.37. The summed E-state index contributed by atoms with van der Waals surface area (Å²) in [5.74, 6) is -0.0206. The van der Waals surface area contributed by atoms with Gasteiger partial charge in [0.2, 0.25) is 0 Å². The Morgan fingerprint density at radius 2 is 1.93 bits per heavy atom. The second-order valence-electron chi connectivity index (χ2n) is 6.00. The summed E-state index contributed by atoms with van der Waals surface area (Å²) in [5.41, 5.74) is 1.93. The first kappa shape index (κ1) is 18.8. The van der Waals surface area contributed by atoms with E-state index in [9.17, 15) is 9.18 Å². The molecule has 2 aromatic carbocycles. The molecule has 1 aliphatic rings. The van der Waals surface area contributed by atoms with E-state index in [2.05, 4.69) is 16.0 Å². The van der Waals surface area contributed by atoms with Crippen molar-refractivity contribution in [3.63, 3.8) is 0 Å². The van der Waals surface area contributed by atoms with Crippen molar-refractivity contribution in [2.75, 3.05) is 11.9 Å². The van der Waals surface area contributed by atoms with Gasteiger partial charge < -0.3 is 20.7 Å². The average Bonchev–Trinajstić information content (AvgIpc) is 2.63. The number of benzene rings is 2. The Morgan fingerprint density at radius 3 is 2.59 bits per heavy atom. The number of rotatable bonds is 5. The summed E-state index contributed by atoms with van der Waals surface area (Å²) >= 11 is 5.19. The average molecular weight is 385 g/mol. The molecule has 0 aromatic heterocycles. The highest BCUT2D eigenvalue weighted by Gasteiger charge is 2.31. The van der Waals surface area contributed by atoms with Crippen LogP contribution in [0.5, 0.6) is 5.75 Å². The van der Waals surface area contributed by atoms with Gasteiger partial charge in [0.25, 0.3) is 5.91 Å². The number of anilines is 1. The van der Waals surface area contributed by atoms with E-state index in [-0.39, 0.29) is 5.91 Å². The van der Waals surface area contributed by atoms with E-state index >= 15 is 0 Å². The van der Waals surface area contributed by atoms with Crippen molar-refractivity contribution in [1.82, 2.24) is 10.6 Å². The highest BCUT2D eigenvalue weighted by atomic mass is 32.1. The number of allylic oxidation sites excluding steroid dienone is 1. The van der Waals surface area contributed by atoms with Crippen LogP contribution in [0.2, 0.25) is 0 Å². The summed E-state index contributed by atoms with van der Waals surface area (Å²) in [5, 5.41) is 9.12. The molecule has 0 bridgehead atoms. The van der Waals surface area contributed by atoms with Crippen molar-refractivity contribution in [3.8, 4) is 5.75 Å². The van der Waals surface area contributed by atoms with Gasteiger partial charge in [-0.25, -0.2) is 4.39 Å². The lowest BCUT2D eigenvalue weighted by Gasteiger charge is -2.30. The van der Waals surface area contributed by atoms with Gasteiger partial charge in [-0.1, -0.05) is 18.2 Å². The number of hydrogen-bond donors (Lipinski definition) is 3. The van der Waals surface area contributed by atoms with Crippen LogP contribution in [0.4, 0.5) is 10.1 Å². The fourth-order valence-corrected chi connectivity index (χ4v) is 3.21. The summed E-state index contributed by atoms with van der Waals surface area (Å²) in [6, 6.07) is 12.7. The minimum absolute atomic E-state index is 0.340. The number of hydrogen-bond acceptors (Lipinski definition) is 3. The number of amides is 1. The first-order valence-corrected chi connectivity index (χ1v) is 8.97. The zero-order valence-electron chi connectivity index (χ0n) is 15.0. The SMILES string of the molecule is CCOc1ccc(NC(=O)C2=C(C)NC(=S)N[C@H]2c2ccccc2F)cc1. The molecule has 5 nitrogen and oxygen atoms in total. The van der Waals surface area contributed by atoms with Gasteiger partial charge in [-0.05, 0) is 56.4 Å². The molecule has 0 radical (unpaired) electrons. The molecule has 0 spiro atoms. The standard InChI is InChI=1S/C20H20FN3O2S/c1-3-26-14-10-8-13(9-11-14)23-19(25)17-12(2)22-20(27)24-18(17)15-6-4-5-7-16(15)21/h4-11,18H,3H2,1-2H3,(H,23,25)(H2,22,24,27)/t18-/m0/s1. The number of nitrogens with one attached hydrogen (secondary N) is 3. The van der Waals surface area contributed by atoms with Gasteiger partial charge in [-0.3, -0.25) is 4.79 Å². The topological polar surface area (TPSA) is 62.4 Å². The zero-order valence-corrected chi connectivity index (χ0v) is 15.8. The molecule has 3 rings (SSSR count). The monoisotopic (exact) mass is 385 g/mol. The van der Waals surface area contributed by atoms with Crippen molar-refractivity contribution < 1.29 is 13.9 Å². The molecule has 0 saturated carbocycles. The van der Waals surface area contributed by atoms with E-state index in [0.717, 1.165) is 5.75 Å². The van der Waals surface area contributed by atoms with Crippen LogP contribution >= 0.6 is 12.2 Å². The maximum absolute atomic E-state index is 14.3. The molecule has 0 saturated heterocycles. The Balaban J connectivity index is 1.88. The van der Waals surface area contributed by atoms with Crippen molar-refractivity contribution in [3.05, 3.63) is 71.2 Å². The summed E-state index contributed by atoms with van der Waals surface area (Å²) < 4.78 is 19.7. The van der Waals surface area contributed by atoms with Crippen molar-refractivity contribution >= 4 is 28.9 Å². The maximum Gasteiger partial charge on any atom is 0.255 e. The summed E-state index contributed by atoms with van der Waals surface area (Å²) in [6.45, 7) is 4.22. The van der Waals surface area contributed by atoms with Crippen LogP contribution in [0.25, 0.3) is 0 Å². The quantitative estimate of drug-likeness (QED) is 0.686. The summed E-state index contributed by atoms with van der Waals surface area (Å²) in [4.78, 5) is 12.9. The lowest BCUT2D eigenvalue weighted by atomic mass is 9.94. The highest BCUT2D eigenvalue weighted by molar-refractivity contribution is 7.80. The van der Waals surface area contributed by atoms with E-state index in [1.165, 1.54) is 6.07 Å². The van der Waals surface area contributed by atoms with Gasteiger partial charge in [0.05, 0.1) is 18.2 Å². The van der Waals surface area contributed by atoms with E-state index in [1.807, 2.05) is 6.92 Å². The van der Waals surface area contributed by atoms with Crippen LogP contribution in [0.1, 0.15) is 25.5 Å². The van der Waals surface area contributed by atoms with Crippen LogP contribution in [-0.2, 0) is 4.79 Å². The van der Waals surface area contributed by atoms with Crippen LogP contribution in [0.15, 0.2) is 59.8 Å². The van der Waals surface area contributed by atoms with Gasteiger partial charge in [-0.15, -0.1) is 0 Å². The minimum Gasteiger partial charge on any atom is -0.494 e. The van der Waals surface area contributed by atoms with Crippen molar-refractivity contribution in [1.29, 1.82) is 0 Å². The maximum atomic E-state index is 14.3. The first-order chi connectivity index (χ1) is 13.0. The fraction of sp³-hybridized carbons (Fsp3) is 0.200. The lowest BCUT2D eigenvalue weighted by Crippen LogP contribution is -2.46. The zero-order chi connectivity index (χ0) is 19.4. The summed E-state index contributed by atoms with van der Waals surface area (Å²) in [7, 11) is 0. The third-order valence-electron chi connectivity index (χ3n) is 4.15. The Hall–Kier alpha value is -2.93. The molecule has 140 valence electrons. The molecular weight excluding hydrogens is 365 g/mol. The second kappa shape index (κ2) is 8.18. The molecule has 3 N–H and O–H groups in total. The van der Waals surface area contributed by atoms with Crippen LogP contribution in [0.3, 0.4) is 0 Å². The molecule has 1 heterocycles. The Morgan fingerprint density at radius 1 is 1.22 bits per heavy atom. The number of carbonyl (C=O) groups excluding carboxylic acids is 1. The number of carbonyl (C=O) groups is 1. The van der Waals surface area contributed by atoms with Gasteiger partial charge >= 0.3 is 0 Å². The summed E-state index contributed by atoms with van der Waals surface area (Å²) in [6.07, 6.45) is 0. The molecule has 0 fully saturated rings. The van der Waals surface area contributed by atoms with Crippen molar-refractivity contribution in [2.45, 2.75) is 19.9 Å². The van der Waals surface area contributed by atoms with E-state index in [4.69, 9.17) is 17.0 Å². The predicted molar refractivity (Wildman–Crippen MR) is 107 cm³/mol. The number of halogens is 1. The van der Waals surface area contributed by atoms with E-state index < -0.39 is 11.9 Å². The van der Waals surface area contributed by atoms with Crippen LogP contribution in [-0.4, -0.2) is 17.6 Å². The molecule has 0 unspecified atom stereocenters. The lowest BCUT2D eigenvalue weighted by molar-refractivity contribution is -0.113. The molecule has 1 amide bonds. The fourth-order valence-electron chi connectivity index (χ4n) is 2.94. The van der Waals surface area contributed by atoms with Gasteiger partial charge in [0, 0.05) is 16.9 Å². The Labute approximate surface area is 162 Å². The molecule has 0 aliphatic carbocycles. The third kappa shape index (κ3) is 4.25. The van der Waals surface area contributed by atoms with Gasteiger partial charge in [0.15, 0.2) is 5.11 Å². The smallest absolute Gasteiger partial charge is 0.255 e. The normalized spacial score (nSPS) is 16.4. The van der Waals surface area contributed by atoms with Crippen LogP contribution in [0, 0.1) is 5.82 Å². The van der Waals surface area contributed by atoms with E-state index in [0.29, 0.717) is 34.2 Å².